The van der Waals surface area contributed by atoms with Crippen molar-refractivity contribution in [1.29, 1.82) is 0 Å². The topological polar surface area (TPSA) is 42.6 Å². The van der Waals surface area contributed by atoms with Crippen molar-refractivity contribution in [2.45, 2.75) is 30.8 Å². The summed E-state index contributed by atoms with van der Waals surface area (Å²) in [6, 6.07) is 12.2. The third-order valence-corrected chi connectivity index (χ3v) is 4.38. The molecule has 1 aliphatic rings. The average molecular weight is 272 g/mol. The summed E-state index contributed by atoms with van der Waals surface area (Å²) in [6.45, 7) is 1.41. The number of aliphatic hydroxyl groups is 1. The smallest absolute Gasteiger partial charge is 0.0935 e. The molecule has 1 aromatic heterocycles. The van der Waals surface area contributed by atoms with Crippen LogP contribution in [0.25, 0.3) is 0 Å². The van der Waals surface area contributed by atoms with Crippen molar-refractivity contribution in [3.05, 3.63) is 60.1 Å². The molecule has 1 atom stereocenters. The van der Waals surface area contributed by atoms with E-state index in [2.05, 4.69) is 12.1 Å². The van der Waals surface area contributed by atoms with E-state index in [-0.39, 0.29) is 5.41 Å². The summed E-state index contributed by atoms with van der Waals surface area (Å²) in [7, 11) is 0. The Kier molecular flexibility index (Phi) is 3.90. The second kappa shape index (κ2) is 5.81. The molecule has 0 spiro atoms. The predicted molar refractivity (Wildman–Crippen MR) is 76.6 cm³/mol. The zero-order chi connectivity index (χ0) is 13.8. The summed E-state index contributed by atoms with van der Waals surface area (Å²) < 4.78 is 10.6. The van der Waals surface area contributed by atoms with Crippen LogP contribution in [-0.4, -0.2) is 24.4 Å². The molecule has 20 heavy (non-hydrogen) atoms. The van der Waals surface area contributed by atoms with Gasteiger partial charge in [-0.1, -0.05) is 30.3 Å². The number of ether oxygens (including phenoxy) is 1. The molecule has 2 aromatic rings. The number of furan rings is 1. The average Bonchev–Trinajstić information content (AvgIpc) is 3.02. The highest BCUT2D eigenvalue weighted by Gasteiger charge is 2.41. The molecule has 1 fully saturated rings. The van der Waals surface area contributed by atoms with Crippen molar-refractivity contribution < 1.29 is 14.3 Å². The Labute approximate surface area is 119 Å². The molecule has 2 heterocycles. The molecule has 1 unspecified atom stereocenters. The van der Waals surface area contributed by atoms with Gasteiger partial charge in [-0.25, -0.2) is 0 Å². The molecule has 3 rings (SSSR count). The fourth-order valence-corrected chi connectivity index (χ4v) is 3.15. The van der Waals surface area contributed by atoms with Crippen LogP contribution in [-0.2, 0) is 16.6 Å². The first-order valence-electron chi connectivity index (χ1n) is 7.14. The maximum atomic E-state index is 10.9. The summed E-state index contributed by atoms with van der Waals surface area (Å²) in [4.78, 5) is 0. The largest absolute Gasteiger partial charge is 0.472 e. The third-order valence-electron chi connectivity index (χ3n) is 4.38. The normalized spacial score (nSPS) is 19.6. The number of hydrogen-bond donors (Lipinski definition) is 1. The highest BCUT2D eigenvalue weighted by atomic mass is 16.5. The molecule has 3 nitrogen and oxygen atoms in total. The van der Waals surface area contributed by atoms with Crippen molar-refractivity contribution in [2.24, 2.45) is 0 Å². The van der Waals surface area contributed by atoms with Crippen LogP contribution in [0, 0.1) is 0 Å². The minimum atomic E-state index is -0.425. The molecule has 0 amide bonds. The van der Waals surface area contributed by atoms with Gasteiger partial charge in [0, 0.05) is 25.0 Å². The van der Waals surface area contributed by atoms with E-state index in [1.165, 1.54) is 5.56 Å². The molecule has 0 aliphatic carbocycles. The molecule has 3 heteroatoms. The van der Waals surface area contributed by atoms with E-state index >= 15 is 0 Å². The lowest BCUT2D eigenvalue weighted by molar-refractivity contribution is -0.0155. The van der Waals surface area contributed by atoms with Gasteiger partial charge in [0.15, 0.2) is 0 Å². The standard InChI is InChI=1S/C17H20O3/c18-16(12-14-6-9-20-13-14)17(7-10-19-11-8-17)15-4-2-1-3-5-15/h1-6,9,13,16,18H,7-8,10-12H2. The Morgan fingerprint density at radius 1 is 1.10 bits per heavy atom. The molecule has 0 radical (unpaired) electrons. The van der Waals surface area contributed by atoms with Crippen molar-refractivity contribution in [3.8, 4) is 0 Å². The highest BCUT2D eigenvalue weighted by molar-refractivity contribution is 5.29. The first kappa shape index (κ1) is 13.4. The number of benzene rings is 1. The van der Waals surface area contributed by atoms with Crippen LogP contribution in [0.2, 0.25) is 0 Å². The Bertz CT molecular complexity index is 512. The van der Waals surface area contributed by atoms with Gasteiger partial charge >= 0.3 is 0 Å². The fourth-order valence-electron chi connectivity index (χ4n) is 3.15. The van der Waals surface area contributed by atoms with Gasteiger partial charge < -0.3 is 14.3 Å². The van der Waals surface area contributed by atoms with Gasteiger partial charge in [-0.2, -0.15) is 0 Å². The maximum Gasteiger partial charge on any atom is 0.0935 e. The Morgan fingerprint density at radius 2 is 1.85 bits per heavy atom. The van der Waals surface area contributed by atoms with Crippen LogP contribution >= 0.6 is 0 Å². The highest BCUT2D eigenvalue weighted by Crippen LogP contribution is 2.39. The first-order chi connectivity index (χ1) is 9.81. The van der Waals surface area contributed by atoms with Crippen LogP contribution in [0.1, 0.15) is 24.0 Å². The monoisotopic (exact) mass is 272 g/mol. The van der Waals surface area contributed by atoms with Gasteiger partial charge in [0.2, 0.25) is 0 Å². The molecule has 1 N–H and O–H groups in total. The van der Waals surface area contributed by atoms with Crippen LogP contribution < -0.4 is 0 Å². The third kappa shape index (κ3) is 2.51. The number of hydrogen-bond acceptors (Lipinski definition) is 3. The Morgan fingerprint density at radius 3 is 2.50 bits per heavy atom. The molecule has 0 bridgehead atoms. The molecular weight excluding hydrogens is 252 g/mol. The van der Waals surface area contributed by atoms with E-state index < -0.39 is 6.10 Å². The fraction of sp³-hybridized carbons (Fsp3) is 0.412. The van der Waals surface area contributed by atoms with Crippen molar-refractivity contribution >= 4 is 0 Å². The summed E-state index contributed by atoms with van der Waals surface area (Å²) in [5.41, 5.74) is 2.04. The Hall–Kier alpha value is -1.58. The zero-order valence-electron chi connectivity index (χ0n) is 11.5. The molecular formula is C17H20O3. The summed E-state index contributed by atoms with van der Waals surface area (Å²) in [6.07, 6.45) is 5.27. The van der Waals surface area contributed by atoms with E-state index in [0.717, 1.165) is 18.4 Å². The summed E-state index contributed by atoms with van der Waals surface area (Å²) >= 11 is 0. The van der Waals surface area contributed by atoms with Gasteiger partial charge in [-0.15, -0.1) is 0 Å². The lowest BCUT2D eigenvalue weighted by Gasteiger charge is -2.41. The van der Waals surface area contributed by atoms with E-state index in [1.807, 2.05) is 24.3 Å². The van der Waals surface area contributed by atoms with Crippen LogP contribution in [0.5, 0.6) is 0 Å². The van der Waals surface area contributed by atoms with E-state index in [0.29, 0.717) is 19.6 Å². The Balaban J connectivity index is 1.89. The molecule has 1 aromatic carbocycles. The van der Waals surface area contributed by atoms with Crippen molar-refractivity contribution in [3.63, 3.8) is 0 Å². The van der Waals surface area contributed by atoms with Crippen LogP contribution in [0.4, 0.5) is 0 Å². The SMILES string of the molecule is OC(Cc1ccoc1)C1(c2ccccc2)CCOCC1. The quantitative estimate of drug-likeness (QED) is 0.930. The van der Waals surface area contributed by atoms with Gasteiger partial charge in [0.1, 0.15) is 0 Å². The van der Waals surface area contributed by atoms with Gasteiger partial charge in [-0.3, -0.25) is 0 Å². The lowest BCUT2D eigenvalue weighted by atomic mass is 9.68. The second-order valence-corrected chi connectivity index (χ2v) is 5.49. The van der Waals surface area contributed by atoms with E-state index in [1.54, 1.807) is 12.5 Å². The molecule has 106 valence electrons. The van der Waals surface area contributed by atoms with Gasteiger partial charge in [0.05, 0.1) is 18.6 Å². The predicted octanol–water partition coefficient (Wildman–Crippen LogP) is 2.93. The molecule has 0 saturated carbocycles. The number of aliphatic hydroxyl groups excluding tert-OH is 1. The molecule has 1 aliphatic heterocycles. The van der Waals surface area contributed by atoms with Crippen molar-refractivity contribution in [2.75, 3.05) is 13.2 Å². The summed E-state index contributed by atoms with van der Waals surface area (Å²) in [5.74, 6) is 0. The van der Waals surface area contributed by atoms with E-state index in [4.69, 9.17) is 9.15 Å². The zero-order valence-corrected chi connectivity index (χ0v) is 11.5. The summed E-state index contributed by atoms with van der Waals surface area (Å²) in [5, 5.41) is 10.9. The second-order valence-electron chi connectivity index (χ2n) is 5.49. The number of rotatable bonds is 4. The minimum absolute atomic E-state index is 0.212. The lowest BCUT2D eigenvalue weighted by Crippen LogP contribution is -2.45. The van der Waals surface area contributed by atoms with Gasteiger partial charge in [-0.05, 0) is 30.0 Å². The maximum absolute atomic E-state index is 10.9. The van der Waals surface area contributed by atoms with Crippen LogP contribution in [0.15, 0.2) is 53.3 Å². The van der Waals surface area contributed by atoms with Crippen LogP contribution in [0.3, 0.4) is 0 Å². The first-order valence-corrected chi connectivity index (χ1v) is 7.14. The van der Waals surface area contributed by atoms with E-state index in [9.17, 15) is 5.11 Å². The molecule has 1 saturated heterocycles. The van der Waals surface area contributed by atoms with Gasteiger partial charge in [0.25, 0.3) is 0 Å². The van der Waals surface area contributed by atoms with Crippen molar-refractivity contribution in [1.82, 2.24) is 0 Å². The minimum Gasteiger partial charge on any atom is -0.472 e.